The van der Waals surface area contributed by atoms with Crippen LogP contribution >= 0.6 is 0 Å². The summed E-state index contributed by atoms with van der Waals surface area (Å²) in [7, 11) is 0. The zero-order chi connectivity index (χ0) is 31.8. The maximum Gasteiger partial charge on any atom is 0.416 e. The molecule has 6 nitrogen and oxygen atoms in total. The van der Waals surface area contributed by atoms with E-state index in [9.17, 15) is 22.8 Å². The number of nitrogens with one attached hydrogen (secondary N) is 3. The fraction of sp³-hybridized carbons (Fsp3) is 0.278. The van der Waals surface area contributed by atoms with Gasteiger partial charge in [-0.3, -0.25) is 14.9 Å². The second-order valence-corrected chi connectivity index (χ2v) is 11.2. The van der Waals surface area contributed by atoms with E-state index in [1.54, 1.807) is 24.3 Å². The summed E-state index contributed by atoms with van der Waals surface area (Å²) >= 11 is 0. The van der Waals surface area contributed by atoms with Gasteiger partial charge in [0.25, 0.3) is 5.91 Å². The minimum Gasteiger partial charge on any atom is -0.371 e. The minimum atomic E-state index is -4.42. The molecule has 1 unspecified atom stereocenters. The third kappa shape index (κ3) is 8.10. The highest BCUT2D eigenvalue weighted by Gasteiger charge is 2.30. The molecule has 5 rings (SSSR count). The summed E-state index contributed by atoms with van der Waals surface area (Å²) < 4.78 is 39.1. The molecule has 4 aromatic carbocycles. The van der Waals surface area contributed by atoms with Gasteiger partial charge in [-0.1, -0.05) is 67.6 Å². The number of nitrogens with zero attached hydrogens (tertiary/aromatic N) is 1. The smallest absolute Gasteiger partial charge is 0.371 e. The van der Waals surface area contributed by atoms with E-state index in [2.05, 4.69) is 20.9 Å². The molecule has 1 saturated heterocycles. The number of alkyl halides is 3. The zero-order valence-corrected chi connectivity index (χ0v) is 25.1. The summed E-state index contributed by atoms with van der Waals surface area (Å²) in [6, 6.07) is 28.9. The molecular weight excluding hydrogens is 577 g/mol. The van der Waals surface area contributed by atoms with E-state index in [1.165, 1.54) is 12.1 Å². The van der Waals surface area contributed by atoms with Gasteiger partial charge in [0.1, 0.15) is 6.04 Å². The average Bonchev–Trinajstić information content (AvgIpc) is 3.07. The molecule has 4 aromatic rings. The van der Waals surface area contributed by atoms with E-state index >= 15 is 0 Å². The molecule has 1 atom stereocenters. The Morgan fingerprint density at radius 3 is 2.13 bits per heavy atom. The fourth-order valence-corrected chi connectivity index (χ4v) is 5.58. The fourth-order valence-electron chi connectivity index (χ4n) is 5.58. The summed E-state index contributed by atoms with van der Waals surface area (Å²) in [6.45, 7) is 4.32. The number of carbonyl (C=O) groups excluding carboxylic acids is 2. The van der Waals surface area contributed by atoms with Gasteiger partial charge in [-0.05, 0) is 78.4 Å². The van der Waals surface area contributed by atoms with E-state index in [1.807, 2.05) is 61.5 Å². The van der Waals surface area contributed by atoms with Crippen molar-refractivity contribution in [3.05, 3.63) is 120 Å². The number of hydrogen-bond acceptors (Lipinski definition) is 4. The first kappa shape index (κ1) is 31.8. The van der Waals surface area contributed by atoms with Crippen molar-refractivity contribution in [1.82, 2.24) is 10.6 Å². The van der Waals surface area contributed by atoms with Crippen LogP contribution in [0.3, 0.4) is 0 Å². The molecule has 0 aromatic heterocycles. The van der Waals surface area contributed by atoms with E-state index in [4.69, 9.17) is 0 Å². The number of benzene rings is 4. The third-order valence-electron chi connectivity index (χ3n) is 8.03. The van der Waals surface area contributed by atoms with Crippen LogP contribution in [0, 0.1) is 0 Å². The Labute approximate surface area is 261 Å². The van der Waals surface area contributed by atoms with Gasteiger partial charge in [0.05, 0.1) is 5.56 Å². The van der Waals surface area contributed by atoms with Crippen LogP contribution in [0.1, 0.15) is 53.7 Å². The SMILES string of the molecule is CCCNC(=O)C(NC1CCN(c2ccc(NC(=O)c3ccccc3-c3ccc(C(F)(F)F)cc3)cc2)CC1)c1ccccc1. The molecule has 1 aliphatic heterocycles. The van der Waals surface area contributed by atoms with Crippen LogP contribution in [-0.4, -0.2) is 37.5 Å². The summed E-state index contributed by atoms with van der Waals surface area (Å²) in [5.74, 6) is -0.355. The molecule has 0 aliphatic carbocycles. The van der Waals surface area contributed by atoms with Gasteiger partial charge >= 0.3 is 6.18 Å². The highest BCUT2D eigenvalue weighted by atomic mass is 19.4. The van der Waals surface area contributed by atoms with Gasteiger partial charge in [0.2, 0.25) is 5.91 Å². The Hall–Kier alpha value is -4.63. The second-order valence-electron chi connectivity index (χ2n) is 11.2. The second kappa shape index (κ2) is 14.4. The van der Waals surface area contributed by atoms with Crippen molar-refractivity contribution in [2.24, 2.45) is 0 Å². The molecule has 1 aliphatic rings. The molecule has 2 amide bonds. The summed E-state index contributed by atoms with van der Waals surface area (Å²) in [4.78, 5) is 28.5. The highest BCUT2D eigenvalue weighted by Crippen LogP contribution is 2.32. The number of halogens is 3. The lowest BCUT2D eigenvalue weighted by Gasteiger charge is -2.35. The molecule has 0 saturated carbocycles. The van der Waals surface area contributed by atoms with Crippen LogP contribution in [-0.2, 0) is 11.0 Å². The van der Waals surface area contributed by atoms with Gasteiger partial charge in [-0.15, -0.1) is 0 Å². The number of anilines is 2. The molecule has 0 radical (unpaired) electrons. The van der Waals surface area contributed by atoms with E-state index in [-0.39, 0.29) is 17.9 Å². The van der Waals surface area contributed by atoms with Crippen LogP contribution in [0.15, 0.2) is 103 Å². The molecule has 1 heterocycles. The summed E-state index contributed by atoms with van der Waals surface area (Å²) in [6.07, 6.45) is -1.79. The standard InChI is InChI=1S/C36H37F3N4O2/c1-2-22-40-35(45)33(26-8-4-3-5-9-26)41-29-20-23-43(24-21-29)30-18-16-28(17-19-30)42-34(44)32-11-7-6-10-31(32)25-12-14-27(15-13-25)36(37,38)39/h3-19,29,33,41H,2,20-24H2,1H3,(H,40,45)(H,42,44). The largest absolute Gasteiger partial charge is 0.416 e. The van der Waals surface area contributed by atoms with Gasteiger partial charge < -0.3 is 15.5 Å². The molecule has 45 heavy (non-hydrogen) atoms. The monoisotopic (exact) mass is 614 g/mol. The first-order valence-corrected chi connectivity index (χ1v) is 15.2. The van der Waals surface area contributed by atoms with Crippen molar-refractivity contribution in [3.8, 4) is 11.1 Å². The normalized spacial score (nSPS) is 14.5. The molecule has 3 N–H and O–H groups in total. The quantitative estimate of drug-likeness (QED) is 0.174. The van der Waals surface area contributed by atoms with Crippen LogP contribution in [0.25, 0.3) is 11.1 Å². The zero-order valence-electron chi connectivity index (χ0n) is 25.1. The van der Waals surface area contributed by atoms with E-state index < -0.39 is 17.8 Å². The lowest BCUT2D eigenvalue weighted by Crippen LogP contribution is -2.47. The third-order valence-corrected chi connectivity index (χ3v) is 8.03. The Morgan fingerprint density at radius 1 is 0.844 bits per heavy atom. The highest BCUT2D eigenvalue weighted by molar-refractivity contribution is 6.08. The van der Waals surface area contributed by atoms with Crippen LogP contribution in [0.5, 0.6) is 0 Å². The lowest BCUT2D eigenvalue weighted by molar-refractivity contribution is -0.137. The molecule has 1 fully saturated rings. The molecule has 0 bridgehead atoms. The molecule has 0 spiro atoms. The molecule has 9 heteroatoms. The van der Waals surface area contributed by atoms with Crippen LogP contribution in [0.2, 0.25) is 0 Å². The van der Waals surface area contributed by atoms with Crippen molar-refractivity contribution < 1.29 is 22.8 Å². The van der Waals surface area contributed by atoms with Crippen LogP contribution in [0.4, 0.5) is 24.5 Å². The number of carbonyl (C=O) groups is 2. The maximum absolute atomic E-state index is 13.2. The van der Waals surface area contributed by atoms with Gasteiger partial charge in [0, 0.05) is 42.6 Å². The summed E-state index contributed by atoms with van der Waals surface area (Å²) in [5, 5.41) is 9.53. The van der Waals surface area contributed by atoms with Gasteiger partial charge in [-0.2, -0.15) is 13.2 Å². The van der Waals surface area contributed by atoms with Gasteiger partial charge in [-0.25, -0.2) is 0 Å². The predicted molar refractivity (Wildman–Crippen MR) is 172 cm³/mol. The first-order chi connectivity index (χ1) is 21.7. The predicted octanol–water partition coefficient (Wildman–Crippen LogP) is 7.45. The average molecular weight is 615 g/mol. The van der Waals surface area contributed by atoms with Gasteiger partial charge in [0.15, 0.2) is 0 Å². The van der Waals surface area contributed by atoms with E-state index in [0.29, 0.717) is 28.9 Å². The van der Waals surface area contributed by atoms with Crippen molar-refractivity contribution >= 4 is 23.2 Å². The topological polar surface area (TPSA) is 73.5 Å². The number of hydrogen-bond donors (Lipinski definition) is 3. The Balaban J connectivity index is 1.19. The van der Waals surface area contributed by atoms with E-state index in [0.717, 1.165) is 55.7 Å². The van der Waals surface area contributed by atoms with Crippen molar-refractivity contribution in [2.75, 3.05) is 29.9 Å². The van der Waals surface area contributed by atoms with Crippen molar-refractivity contribution in [2.45, 2.75) is 44.4 Å². The number of piperidine rings is 1. The molecular formula is C36H37F3N4O2. The number of rotatable bonds is 10. The van der Waals surface area contributed by atoms with Crippen molar-refractivity contribution in [3.63, 3.8) is 0 Å². The Bertz CT molecular complexity index is 1570. The van der Waals surface area contributed by atoms with Crippen LogP contribution < -0.4 is 20.9 Å². The van der Waals surface area contributed by atoms with Crippen molar-refractivity contribution in [1.29, 1.82) is 0 Å². The number of amides is 2. The Morgan fingerprint density at radius 2 is 1.49 bits per heavy atom. The minimum absolute atomic E-state index is 0.00917. The lowest BCUT2D eigenvalue weighted by atomic mass is 9.98. The maximum atomic E-state index is 13.2. The first-order valence-electron chi connectivity index (χ1n) is 15.2. The molecule has 234 valence electrons. The Kier molecular flexibility index (Phi) is 10.2. The summed E-state index contributed by atoms with van der Waals surface area (Å²) in [5.41, 5.74) is 3.32.